The first kappa shape index (κ1) is 22.0. The van der Waals surface area contributed by atoms with E-state index >= 15 is 0 Å². The highest BCUT2D eigenvalue weighted by atomic mass is 32.2. The second-order valence-corrected chi connectivity index (χ2v) is 9.42. The molecule has 0 saturated carbocycles. The zero-order valence-corrected chi connectivity index (χ0v) is 17.9. The first-order valence-corrected chi connectivity index (χ1v) is 11.4. The molecule has 1 N–H and O–H groups in total. The van der Waals surface area contributed by atoms with Crippen molar-refractivity contribution in [3.63, 3.8) is 0 Å². The Morgan fingerprint density at radius 1 is 1.00 bits per heavy atom. The van der Waals surface area contributed by atoms with Crippen LogP contribution in [0.2, 0.25) is 0 Å². The molecule has 0 heterocycles. The van der Waals surface area contributed by atoms with Crippen LogP contribution in [0.5, 0.6) is 0 Å². The minimum absolute atomic E-state index is 0.0440. The number of hydrogen-bond acceptors (Lipinski definition) is 3. The van der Waals surface area contributed by atoms with Crippen molar-refractivity contribution in [2.45, 2.75) is 45.6 Å². The highest BCUT2D eigenvalue weighted by molar-refractivity contribution is 7.92. The van der Waals surface area contributed by atoms with Gasteiger partial charge in [-0.1, -0.05) is 56.3 Å². The first-order valence-electron chi connectivity index (χ1n) is 9.57. The topological polar surface area (TPSA) is 66.5 Å². The van der Waals surface area contributed by atoms with E-state index in [1.54, 1.807) is 12.1 Å². The van der Waals surface area contributed by atoms with Crippen LogP contribution in [0, 0.1) is 0 Å². The van der Waals surface area contributed by atoms with Crippen molar-refractivity contribution in [3.8, 4) is 0 Å². The summed E-state index contributed by atoms with van der Waals surface area (Å²) in [4.78, 5) is 12.5. The Morgan fingerprint density at radius 2 is 1.61 bits per heavy atom. The Bertz CT molecular complexity index is 862. The van der Waals surface area contributed by atoms with Crippen LogP contribution in [0.4, 0.5) is 5.69 Å². The molecule has 0 aliphatic rings. The van der Waals surface area contributed by atoms with E-state index in [0.717, 1.165) is 29.0 Å². The van der Waals surface area contributed by atoms with Crippen LogP contribution < -0.4 is 9.62 Å². The molecule has 0 aliphatic heterocycles. The number of carbonyl (C=O) groups is 1. The smallest absolute Gasteiger partial charge is 0.240 e. The average molecular weight is 403 g/mol. The van der Waals surface area contributed by atoms with Gasteiger partial charge in [-0.2, -0.15) is 0 Å². The van der Waals surface area contributed by atoms with Gasteiger partial charge in [-0.05, 0) is 48.9 Å². The van der Waals surface area contributed by atoms with Gasteiger partial charge in [0.15, 0.2) is 0 Å². The maximum absolute atomic E-state index is 12.5. The van der Waals surface area contributed by atoms with Gasteiger partial charge in [0.05, 0.1) is 11.9 Å². The maximum atomic E-state index is 12.5. The second kappa shape index (κ2) is 9.73. The number of anilines is 1. The lowest BCUT2D eigenvalue weighted by Crippen LogP contribution is -2.43. The molecule has 0 spiro atoms. The van der Waals surface area contributed by atoms with Gasteiger partial charge in [-0.15, -0.1) is 0 Å². The largest absolute Gasteiger partial charge is 0.352 e. The Morgan fingerprint density at radius 3 is 2.14 bits per heavy atom. The molecule has 0 radical (unpaired) electrons. The fourth-order valence-corrected chi connectivity index (χ4v) is 3.83. The summed E-state index contributed by atoms with van der Waals surface area (Å²) >= 11 is 0. The molecule has 5 nitrogen and oxygen atoms in total. The lowest BCUT2D eigenvalue weighted by Gasteiger charge is -2.23. The fourth-order valence-electron chi connectivity index (χ4n) is 2.98. The first-order chi connectivity index (χ1) is 13.2. The van der Waals surface area contributed by atoms with Crippen LogP contribution in [0.25, 0.3) is 0 Å². The van der Waals surface area contributed by atoms with Crippen molar-refractivity contribution < 1.29 is 13.2 Å². The minimum Gasteiger partial charge on any atom is -0.352 e. The second-order valence-electron chi connectivity index (χ2n) is 7.51. The van der Waals surface area contributed by atoms with Crippen LogP contribution >= 0.6 is 0 Å². The molecular formula is C22H30N2O3S. The number of sulfonamides is 1. The minimum atomic E-state index is -3.56. The molecule has 2 aromatic rings. The van der Waals surface area contributed by atoms with Gasteiger partial charge in [0.1, 0.15) is 6.54 Å². The van der Waals surface area contributed by atoms with E-state index in [1.165, 1.54) is 5.56 Å². The van der Waals surface area contributed by atoms with Crippen LogP contribution in [-0.4, -0.2) is 33.2 Å². The molecule has 0 bridgehead atoms. The molecule has 1 unspecified atom stereocenters. The number of rotatable bonds is 9. The van der Waals surface area contributed by atoms with Gasteiger partial charge in [-0.3, -0.25) is 9.10 Å². The summed E-state index contributed by atoms with van der Waals surface area (Å²) < 4.78 is 25.6. The summed E-state index contributed by atoms with van der Waals surface area (Å²) in [6.07, 6.45) is 2.77. The summed E-state index contributed by atoms with van der Waals surface area (Å²) in [6, 6.07) is 17.3. The monoisotopic (exact) mass is 402 g/mol. The molecule has 6 heteroatoms. The van der Waals surface area contributed by atoms with E-state index in [0.29, 0.717) is 11.6 Å². The molecule has 0 aliphatic carbocycles. The SMILES string of the molecule is CC(CCc1ccccc1)NC(=O)CN(c1ccc(C(C)C)cc1)S(C)(=O)=O. The van der Waals surface area contributed by atoms with Crippen molar-refractivity contribution in [1.29, 1.82) is 0 Å². The van der Waals surface area contributed by atoms with E-state index in [1.807, 2.05) is 37.3 Å². The standard InChI is InChI=1S/C22H30N2O3S/c1-17(2)20-12-14-21(15-13-20)24(28(4,26)27)16-22(25)23-18(3)10-11-19-8-6-5-7-9-19/h5-9,12-15,17-18H,10-11,16H2,1-4H3,(H,23,25). The zero-order chi connectivity index (χ0) is 20.7. The van der Waals surface area contributed by atoms with E-state index in [9.17, 15) is 13.2 Å². The van der Waals surface area contributed by atoms with E-state index in [-0.39, 0.29) is 18.5 Å². The summed E-state index contributed by atoms with van der Waals surface area (Å²) in [5.74, 6) is 0.0495. The van der Waals surface area contributed by atoms with Crippen LogP contribution in [-0.2, 0) is 21.2 Å². The summed E-state index contributed by atoms with van der Waals surface area (Å²) in [5.41, 5.74) is 2.83. The summed E-state index contributed by atoms with van der Waals surface area (Å²) in [5, 5.41) is 2.91. The van der Waals surface area contributed by atoms with Crippen LogP contribution in [0.3, 0.4) is 0 Å². The van der Waals surface area contributed by atoms with Gasteiger partial charge in [0.25, 0.3) is 0 Å². The third-order valence-corrected chi connectivity index (χ3v) is 5.79. The van der Waals surface area contributed by atoms with Gasteiger partial charge in [-0.25, -0.2) is 8.42 Å². The molecule has 28 heavy (non-hydrogen) atoms. The van der Waals surface area contributed by atoms with Crippen molar-refractivity contribution in [2.24, 2.45) is 0 Å². The quantitative estimate of drug-likeness (QED) is 0.695. The third kappa shape index (κ3) is 6.68. The normalized spacial score (nSPS) is 12.6. The molecule has 0 saturated heterocycles. The lowest BCUT2D eigenvalue weighted by atomic mass is 10.0. The number of nitrogens with zero attached hydrogens (tertiary/aromatic N) is 1. The van der Waals surface area contributed by atoms with E-state index < -0.39 is 10.0 Å². The molecule has 1 atom stereocenters. The number of hydrogen-bond donors (Lipinski definition) is 1. The van der Waals surface area contributed by atoms with Gasteiger partial charge >= 0.3 is 0 Å². The Hall–Kier alpha value is -2.34. The molecular weight excluding hydrogens is 372 g/mol. The molecule has 2 rings (SSSR count). The number of aryl methyl sites for hydroxylation is 1. The molecule has 2 aromatic carbocycles. The average Bonchev–Trinajstić information content (AvgIpc) is 2.64. The van der Waals surface area contributed by atoms with Gasteiger partial charge in [0, 0.05) is 6.04 Å². The summed E-state index contributed by atoms with van der Waals surface area (Å²) in [6.45, 7) is 5.86. The number of benzene rings is 2. The van der Waals surface area contributed by atoms with Crippen molar-refractivity contribution in [1.82, 2.24) is 5.32 Å². The third-order valence-electron chi connectivity index (χ3n) is 4.65. The van der Waals surface area contributed by atoms with Crippen molar-refractivity contribution >= 4 is 21.6 Å². The predicted molar refractivity (Wildman–Crippen MR) is 115 cm³/mol. The van der Waals surface area contributed by atoms with Crippen LogP contribution in [0.1, 0.15) is 44.2 Å². The Balaban J connectivity index is 1.99. The van der Waals surface area contributed by atoms with Gasteiger partial charge < -0.3 is 5.32 Å². The fraction of sp³-hybridized carbons (Fsp3) is 0.409. The number of amides is 1. The predicted octanol–water partition coefficient (Wildman–Crippen LogP) is 3.71. The molecule has 1 amide bonds. The molecule has 0 aromatic heterocycles. The number of carbonyl (C=O) groups excluding carboxylic acids is 1. The zero-order valence-electron chi connectivity index (χ0n) is 17.1. The van der Waals surface area contributed by atoms with E-state index in [2.05, 4.69) is 31.3 Å². The highest BCUT2D eigenvalue weighted by Gasteiger charge is 2.21. The Kier molecular flexibility index (Phi) is 7.63. The van der Waals surface area contributed by atoms with Gasteiger partial charge in [0.2, 0.25) is 15.9 Å². The highest BCUT2D eigenvalue weighted by Crippen LogP contribution is 2.21. The van der Waals surface area contributed by atoms with E-state index in [4.69, 9.17) is 0 Å². The summed E-state index contributed by atoms with van der Waals surface area (Å²) in [7, 11) is -3.56. The van der Waals surface area contributed by atoms with Crippen LogP contribution in [0.15, 0.2) is 54.6 Å². The number of nitrogens with one attached hydrogen (secondary N) is 1. The molecule has 152 valence electrons. The maximum Gasteiger partial charge on any atom is 0.240 e. The van der Waals surface area contributed by atoms with Crippen molar-refractivity contribution in [2.75, 3.05) is 17.1 Å². The Labute approximate surface area is 168 Å². The molecule has 0 fully saturated rings. The lowest BCUT2D eigenvalue weighted by molar-refractivity contribution is -0.120. The van der Waals surface area contributed by atoms with Crippen molar-refractivity contribution in [3.05, 3.63) is 65.7 Å².